The molecule has 2 rings (SSSR count). The second-order valence-corrected chi connectivity index (χ2v) is 4.12. The molecule has 2 heterocycles. The maximum atomic E-state index is 5.45. The van der Waals surface area contributed by atoms with E-state index in [1.165, 1.54) is 0 Å². The molecule has 0 N–H and O–H groups in total. The fraction of sp³-hybridized carbons (Fsp3) is 0. The van der Waals surface area contributed by atoms with E-state index in [1.54, 1.807) is 36.4 Å². The first kappa shape index (κ1) is 13.5. The summed E-state index contributed by atoms with van der Waals surface area (Å²) in [5.74, 6) is 0. The van der Waals surface area contributed by atoms with Gasteiger partial charge in [0.1, 0.15) is 20.6 Å². The number of aromatic nitrogens is 2. The predicted molar refractivity (Wildman–Crippen MR) is 68.5 cm³/mol. The van der Waals surface area contributed by atoms with E-state index in [1.807, 2.05) is 0 Å². The van der Waals surface area contributed by atoms with Crippen LogP contribution in [0.1, 0.15) is 0 Å². The Morgan fingerprint density at radius 3 is 0.938 bits per heavy atom. The van der Waals surface area contributed by atoms with Crippen LogP contribution in [0, 0.1) is 0 Å². The van der Waals surface area contributed by atoms with Crippen LogP contribution in [0.2, 0.25) is 20.6 Å². The highest BCUT2D eigenvalue weighted by Crippen LogP contribution is 2.08. The molecule has 0 saturated heterocycles. The van der Waals surface area contributed by atoms with Crippen molar-refractivity contribution in [2.75, 3.05) is 0 Å². The van der Waals surface area contributed by atoms with E-state index in [2.05, 4.69) is 9.97 Å². The van der Waals surface area contributed by atoms with Crippen molar-refractivity contribution in [1.29, 1.82) is 0 Å². The summed E-state index contributed by atoms with van der Waals surface area (Å²) < 4.78 is 0. The fourth-order valence-corrected chi connectivity index (χ4v) is 1.51. The molecule has 0 aliphatic carbocycles. The van der Waals surface area contributed by atoms with Gasteiger partial charge in [-0.3, -0.25) is 0 Å². The van der Waals surface area contributed by atoms with Crippen molar-refractivity contribution in [2.45, 2.75) is 0 Å². The zero-order valence-corrected chi connectivity index (χ0v) is 10.9. The minimum atomic E-state index is 0.428. The van der Waals surface area contributed by atoms with Crippen molar-refractivity contribution < 1.29 is 0 Å². The first-order chi connectivity index (χ1) is 7.58. The third kappa shape index (κ3) is 5.52. The Morgan fingerprint density at radius 1 is 0.562 bits per heavy atom. The normalized spacial score (nSPS) is 9.25. The van der Waals surface area contributed by atoms with Gasteiger partial charge in [0, 0.05) is 0 Å². The molecule has 84 valence electrons. The smallest absolute Gasteiger partial charge is 0.130 e. The van der Waals surface area contributed by atoms with Gasteiger partial charge in [0.2, 0.25) is 0 Å². The van der Waals surface area contributed by atoms with Crippen molar-refractivity contribution in [3.63, 3.8) is 0 Å². The molecule has 6 heteroatoms. The molecule has 16 heavy (non-hydrogen) atoms. The Labute approximate surface area is 113 Å². The number of hydrogen-bond acceptors (Lipinski definition) is 2. The van der Waals surface area contributed by atoms with E-state index in [-0.39, 0.29) is 0 Å². The summed E-state index contributed by atoms with van der Waals surface area (Å²) in [6, 6.07) is 10.2. The molecule has 0 radical (unpaired) electrons. The first-order valence-corrected chi connectivity index (χ1v) is 5.65. The van der Waals surface area contributed by atoms with Gasteiger partial charge in [-0.05, 0) is 24.3 Å². The van der Waals surface area contributed by atoms with Crippen LogP contribution < -0.4 is 0 Å². The van der Waals surface area contributed by atoms with Crippen LogP contribution >= 0.6 is 46.4 Å². The summed E-state index contributed by atoms with van der Waals surface area (Å²) in [6.07, 6.45) is 0. The molecular formula is C10H6Cl4N2. The van der Waals surface area contributed by atoms with Gasteiger partial charge in [-0.25, -0.2) is 9.97 Å². The van der Waals surface area contributed by atoms with E-state index in [0.717, 1.165) is 0 Å². The van der Waals surface area contributed by atoms with Crippen LogP contribution in [0.15, 0.2) is 36.4 Å². The van der Waals surface area contributed by atoms with Crippen LogP contribution in [0.25, 0.3) is 0 Å². The van der Waals surface area contributed by atoms with E-state index in [9.17, 15) is 0 Å². The van der Waals surface area contributed by atoms with E-state index in [0.29, 0.717) is 20.6 Å². The summed E-state index contributed by atoms with van der Waals surface area (Å²) in [4.78, 5) is 7.41. The predicted octanol–water partition coefficient (Wildman–Crippen LogP) is 4.78. The van der Waals surface area contributed by atoms with Crippen LogP contribution in [0.4, 0.5) is 0 Å². The molecule has 0 aliphatic rings. The maximum absolute atomic E-state index is 5.45. The highest BCUT2D eigenvalue weighted by Gasteiger charge is 1.87. The Hall–Kier alpha value is -0.540. The fourth-order valence-electron chi connectivity index (χ4n) is 0.767. The SMILES string of the molecule is Clc1cccc(Cl)n1.Clc1cccc(Cl)n1. The lowest BCUT2D eigenvalue weighted by Crippen LogP contribution is -1.71. The van der Waals surface area contributed by atoms with Crippen LogP contribution in [-0.4, -0.2) is 9.97 Å². The Bertz CT molecular complexity index is 384. The minimum Gasteiger partial charge on any atom is -0.224 e. The summed E-state index contributed by atoms with van der Waals surface area (Å²) in [6.45, 7) is 0. The molecular weight excluding hydrogens is 290 g/mol. The standard InChI is InChI=1S/2C5H3Cl2N/c2*6-4-2-1-3-5(7)8-4/h2*1-3H. The van der Waals surface area contributed by atoms with E-state index < -0.39 is 0 Å². The monoisotopic (exact) mass is 294 g/mol. The molecule has 0 saturated carbocycles. The second kappa shape index (κ2) is 6.92. The molecule has 0 amide bonds. The maximum Gasteiger partial charge on any atom is 0.130 e. The lowest BCUT2D eigenvalue weighted by molar-refractivity contribution is 1.33. The summed E-state index contributed by atoms with van der Waals surface area (Å²) in [7, 11) is 0. The molecule has 2 aromatic rings. The highest BCUT2D eigenvalue weighted by molar-refractivity contribution is 6.32. The molecule has 0 spiro atoms. The number of nitrogens with zero attached hydrogens (tertiary/aromatic N) is 2. The summed E-state index contributed by atoms with van der Waals surface area (Å²) in [5, 5.41) is 1.71. The molecule has 2 aromatic heterocycles. The number of halogens is 4. The van der Waals surface area contributed by atoms with Gasteiger partial charge >= 0.3 is 0 Å². The topological polar surface area (TPSA) is 25.8 Å². The quantitative estimate of drug-likeness (QED) is 0.654. The van der Waals surface area contributed by atoms with Crippen molar-refractivity contribution in [3.05, 3.63) is 57.0 Å². The molecule has 0 unspecified atom stereocenters. The molecule has 0 aromatic carbocycles. The molecule has 2 nitrogen and oxygen atoms in total. The van der Waals surface area contributed by atoms with Crippen molar-refractivity contribution >= 4 is 46.4 Å². The molecule has 0 fully saturated rings. The molecule has 0 aliphatic heterocycles. The van der Waals surface area contributed by atoms with Crippen molar-refractivity contribution in [1.82, 2.24) is 9.97 Å². The number of pyridine rings is 2. The van der Waals surface area contributed by atoms with Gasteiger partial charge in [-0.2, -0.15) is 0 Å². The first-order valence-electron chi connectivity index (χ1n) is 4.14. The second-order valence-electron chi connectivity index (χ2n) is 2.57. The lowest BCUT2D eigenvalue weighted by Gasteiger charge is -1.85. The number of rotatable bonds is 0. The Balaban J connectivity index is 0.000000160. The van der Waals surface area contributed by atoms with E-state index >= 15 is 0 Å². The third-order valence-electron chi connectivity index (χ3n) is 1.36. The zero-order chi connectivity index (χ0) is 12.0. The summed E-state index contributed by atoms with van der Waals surface area (Å²) >= 11 is 21.8. The Kier molecular flexibility index (Phi) is 5.85. The largest absolute Gasteiger partial charge is 0.224 e. The third-order valence-corrected chi connectivity index (χ3v) is 2.20. The van der Waals surface area contributed by atoms with Gasteiger partial charge < -0.3 is 0 Å². The van der Waals surface area contributed by atoms with Crippen LogP contribution in [-0.2, 0) is 0 Å². The van der Waals surface area contributed by atoms with Crippen molar-refractivity contribution in [2.24, 2.45) is 0 Å². The van der Waals surface area contributed by atoms with Gasteiger partial charge in [-0.15, -0.1) is 0 Å². The van der Waals surface area contributed by atoms with Crippen LogP contribution in [0.3, 0.4) is 0 Å². The average molecular weight is 296 g/mol. The lowest BCUT2D eigenvalue weighted by atomic mass is 10.5. The van der Waals surface area contributed by atoms with Gasteiger partial charge in [0.15, 0.2) is 0 Å². The average Bonchev–Trinajstić information content (AvgIpc) is 2.17. The van der Waals surface area contributed by atoms with Crippen LogP contribution in [0.5, 0.6) is 0 Å². The zero-order valence-electron chi connectivity index (χ0n) is 7.87. The van der Waals surface area contributed by atoms with Crippen molar-refractivity contribution in [3.8, 4) is 0 Å². The van der Waals surface area contributed by atoms with Gasteiger partial charge in [-0.1, -0.05) is 58.5 Å². The van der Waals surface area contributed by atoms with E-state index in [4.69, 9.17) is 46.4 Å². The molecule has 0 bridgehead atoms. The minimum absolute atomic E-state index is 0.428. The summed E-state index contributed by atoms with van der Waals surface area (Å²) in [5.41, 5.74) is 0. The van der Waals surface area contributed by atoms with Gasteiger partial charge in [0.05, 0.1) is 0 Å². The number of hydrogen-bond donors (Lipinski definition) is 0. The Morgan fingerprint density at radius 2 is 0.812 bits per heavy atom. The highest BCUT2D eigenvalue weighted by atomic mass is 35.5. The molecule has 0 atom stereocenters. The van der Waals surface area contributed by atoms with Gasteiger partial charge in [0.25, 0.3) is 0 Å².